The minimum absolute atomic E-state index is 0.0748. The van der Waals surface area contributed by atoms with Gasteiger partial charge in [-0.3, -0.25) is 14.4 Å². The summed E-state index contributed by atoms with van der Waals surface area (Å²) in [5, 5.41) is 19.5. The Morgan fingerprint density at radius 3 is 1.35 bits per heavy atom. The van der Waals surface area contributed by atoms with Crippen LogP contribution in [0.3, 0.4) is 0 Å². The minimum Gasteiger partial charge on any atom is -0.481 e. The molecule has 0 saturated heterocycles. The third-order valence-electron chi connectivity index (χ3n) is 6.70. The molecule has 0 fully saturated rings. The number of carbonyl (C=O) groups excluding carboxylic acids is 2. The van der Waals surface area contributed by atoms with Gasteiger partial charge in [0.25, 0.3) is 0 Å². The van der Waals surface area contributed by atoms with Crippen molar-refractivity contribution in [3.63, 3.8) is 0 Å². The van der Waals surface area contributed by atoms with Gasteiger partial charge >= 0.3 is 17.9 Å². The van der Waals surface area contributed by atoms with E-state index in [9.17, 15) is 24.6 Å². The zero-order valence-corrected chi connectivity index (χ0v) is 24.0. The lowest BCUT2D eigenvalue weighted by molar-refractivity contribution is -0.160. The maximum atomic E-state index is 12.7. The molecular weight excluding hydrogens is 472 g/mol. The molecule has 0 amide bonds. The molecule has 0 aliphatic rings. The van der Waals surface area contributed by atoms with Gasteiger partial charge < -0.3 is 19.7 Å². The second-order valence-corrected chi connectivity index (χ2v) is 10.5. The summed E-state index contributed by atoms with van der Waals surface area (Å²) in [6.45, 7) is 6.44. The van der Waals surface area contributed by atoms with E-state index >= 15 is 0 Å². The van der Waals surface area contributed by atoms with E-state index in [0.717, 1.165) is 89.9 Å². The van der Waals surface area contributed by atoms with E-state index in [1.54, 1.807) is 0 Å². The maximum absolute atomic E-state index is 12.7. The van der Waals surface area contributed by atoms with Crippen LogP contribution in [0.25, 0.3) is 0 Å². The van der Waals surface area contributed by atoms with Gasteiger partial charge in [0.1, 0.15) is 12.2 Å². The molecule has 0 bridgehead atoms. The topological polar surface area (TPSA) is 110 Å². The zero-order chi connectivity index (χ0) is 27.7. The Bertz CT molecular complexity index is 578. The molecule has 0 rings (SSSR count). The van der Waals surface area contributed by atoms with Gasteiger partial charge in [-0.1, -0.05) is 104 Å². The van der Waals surface area contributed by atoms with Crippen LogP contribution in [0, 0.1) is 0 Å². The van der Waals surface area contributed by atoms with Crippen molar-refractivity contribution in [1.29, 1.82) is 0 Å². The number of hydrogen-bond donors (Lipinski definition) is 2. The average molecular weight is 529 g/mol. The molecule has 0 aromatic heterocycles. The second-order valence-electron chi connectivity index (χ2n) is 10.5. The van der Waals surface area contributed by atoms with Crippen molar-refractivity contribution in [2.24, 2.45) is 0 Å². The average Bonchev–Trinajstić information content (AvgIpc) is 2.83. The number of aliphatic hydroxyl groups excluding tert-OH is 1. The van der Waals surface area contributed by atoms with E-state index in [1.807, 2.05) is 0 Å². The molecule has 218 valence electrons. The third-order valence-corrected chi connectivity index (χ3v) is 6.70. The van der Waals surface area contributed by atoms with Crippen LogP contribution in [0.2, 0.25) is 0 Å². The Kier molecular flexibility index (Phi) is 23.6. The first-order valence-electron chi connectivity index (χ1n) is 15.1. The lowest BCUT2D eigenvalue weighted by Crippen LogP contribution is -2.28. The largest absolute Gasteiger partial charge is 0.481 e. The molecule has 37 heavy (non-hydrogen) atoms. The summed E-state index contributed by atoms with van der Waals surface area (Å²) in [4.78, 5) is 36.5. The highest BCUT2D eigenvalue weighted by molar-refractivity contribution is 5.73. The molecule has 0 radical (unpaired) electrons. The van der Waals surface area contributed by atoms with Gasteiger partial charge in [0.15, 0.2) is 0 Å². The molecule has 0 aliphatic carbocycles. The molecule has 3 unspecified atom stereocenters. The predicted octanol–water partition coefficient (Wildman–Crippen LogP) is 7.51. The summed E-state index contributed by atoms with van der Waals surface area (Å²) in [7, 11) is 0. The fourth-order valence-corrected chi connectivity index (χ4v) is 4.48. The summed E-state index contributed by atoms with van der Waals surface area (Å²) >= 11 is 0. The van der Waals surface area contributed by atoms with Crippen molar-refractivity contribution in [2.45, 2.75) is 174 Å². The standard InChI is InChI=1S/C30H56O7/c1-4-7-10-13-16-19-25(31)22-29(34)37-27(21-18-15-12-9-6-3)24-30(35)36-26(23-28(32)33)20-17-14-11-8-5-2/h25-27,31H,4-24H2,1-3H3,(H,32,33). The number of carbonyl (C=O) groups is 3. The zero-order valence-electron chi connectivity index (χ0n) is 24.0. The lowest BCUT2D eigenvalue weighted by Gasteiger charge is -2.21. The quantitative estimate of drug-likeness (QED) is 0.0883. The van der Waals surface area contributed by atoms with E-state index in [2.05, 4.69) is 20.8 Å². The van der Waals surface area contributed by atoms with Crippen molar-refractivity contribution < 1.29 is 34.1 Å². The first kappa shape index (κ1) is 35.4. The van der Waals surface area contributed by atoms with Gasteiger partial charge in [0, 0.05) is 0 Å². The lowest BCUT2D eigenvalue weighted by atomic mass is 10.0. The summed E-state index contributed by atoms with van der Waals surface area (Å²) in [5.74, 6) is -2.01. The third kappa shape index (κ3) is 23.2. The summed E-state index contributed by atoms with van der Waals surface area (Å²) in [5.41, 5.74) is 0. The molecule has 2 N–H and O–H groups in total. The van der Waals surface area contributed by atoms with Crippen LogP contribution < -0.4 is 0 Å². The predicted molar refractivity (Wildman–Crippen MR) is 147 cm³/mol. The number of aliphatic hydroxyl groups is 1. The van der Waals surface area contributed by atoms with Crippen LogP contribution in [0.4, 0.5) is 0 Å². The highest BCUT2D eigenvalue weighted by Crippen LogP contribution is 2.18. The molecular formula is C30H56O7. The number of hydrogen-bond acceptors (Lipinski definition) is 6. The molecule has 0 aliphatic heterocycles. The first-order valence-corrected chi connectivity index (χ1v) is 15.1. The van der Waals surface area contributed by atoms with Crippen LogP contribution in [0.15, 0.2) is 0 Å². The number of unbranched alkanes of at least 4 members (excludes halogenated alkanes) is 12. The van der Waals surface area contributed by atoms with E-state index in [-0.39, 0.29) is 19.3 Å². The van der Waals surface area contributed by atoms with Crippen molar-refractivity contribution in [3.05, 3.63) is 0 Å². The van der Waals surface area contributed by atoms with Gasteiger partial charge in [0.2, 0.25) is 0 Å². The van der Waals surface area contributed by atoms with Gasteiger partial charge in [-0.05, 0) is 32.1 Å². The van der Waals surface area contributed by atoms with Gasteiger partial charge in [-0.25, -0.2) is 0 Å². The Hall–Kier alpha value is -1.63. The van der Waals surface area contributed by atoms with Crippen LogP contribution in [0.5, 0.6) is 0 Å². The minimum atomic E-state index is -0.992. The van der Waals surface area contributed by atoms with Crippen LogP contribution in [0.1, 0.15) is 156 Å². The molecule has 3 atom stereocenters. The second kappa shape index (κ2) is 24.7. The number of esters is 2. The van der Waals surface area contributed by atoms with E-state index in [0.29, 0.717) is 19.3 Å². The Morgan fingerprint density at radius 2 is 0.919 bits per heavy atom. The Balaban J connectivity index is 4.78. The molecule has 0 spiro atoms. The normalized spacial score (nSPS) is 13.6. The molecule has 7 nitrogen and oxygen atoms in total. The van der Waals surface area contributed by atoms with Crippen LogP contribution in [-0.2, 0) is 23.9 Å². The highest BCUT2D eigenvalue weighted by Gasteiger charge is 2.24. The molecule has 0 saturated carbocycles. The van der Waals surface area contributed by atoms with Crippen molar-refractivity contribution >= 4 is 17.9 Å². The molecule has 0 aromatic rings. The first-order chi connectivity index (χ1) is 17.8. The van der Waals surface area contributed by atoms with E-state index < -0.39 is 36.2 Å². The van der Waals surface area contributed by atoms with Crippen LogP contribution in [-0.4, -0.2) is 46.4 Å². The molecule has 7 heteroatoms. The van der Waals surface area contributed by atoms with Crippen LogP contribution >= 0.6 is 0 Å². The van der Waals surface area contributed by atoms with E-state index in [4.69, 9.17) is 9.47 Å². The highest BCUT2D eigenvalue weighted by atomic mass is 16.6. The number of carboxylic acids is 1. The number of aliphatic carboxylic acids is 1. The van der Waals surface area contributed by atoms with Crippen molar-refractivity contribution in [2.75, 3.05) is 0 Å². The fraction of sp³-hybridized carbons (Fsp3) is 0.900. The van der Waals surface area contributed by atoms with Crippen molar-refractivity contribution in [3.8, 4) is 0 Å². The Morgan fingerprint density at radius 1 is 0.541 bits per heavy atom. The molecule has 0 aromatic carbocycles. The summed E-state index contributed by atoms with van der Waals surface area (Å²) in [6.07, 6.45) is 15.0. The summed E-state index contributed by atoms with van der Waals surface area (Å²) in [6, 6.07) is 0. The van der Waals surface area contributed by atoms with Gasteiger partial charge in [-0.15, -0.1) is 0 Å². The number of rotatable bonds is 26. The summed E-state index contributed by atoms with van der Waals surface area (Å²) < 4.78 is 11.1. The SMILES string of the molecule is CCCCCCCC(O)CC(=O)OC(CCCCCCC)CC(=O)OC(CCCCCCC)CC(=O)O. The monoisotopic (exact) mass is 528 g/mol. The smallest absolute Gasteiger partial charge is 0.309 e. The number of carboxylic acid groups (broad SMARTS) is 1. The van der Waals surface area contributed by atoms with Crippen molar-refractivity contribution in [1.82, 2.24) is 0 Å². The van der Waals surface area contributed by atoms with E-state index in [1.165, 1.54) is 6.42 Å². The molecule has 0 heterocycles. The fourth-order valence-electron chi connectivity index (χ4n) is 4.48. The van der Waals surface area contributed by atoms with Gasteiger partial charge in [0.05, 0.1) is 25.4 Å². The maximum Gasteiger partial charge on any atom is 0.309 e. The number of ether oxygens (including phenoxy) is 2. The Labute approximate surface area is 226 Å². The van der Waals surface area contributed by atoms with Gasteiger partial charge in [-0.2, -0.15) is 0 Å².